The molecule has 0 amide bonds. The van der Waals surface area contributed by atoms with Crippen LogP contribution in [0.2, 0.25) is 0 Å². The molecule has 3 heteroatoms. The summed E-state index contributed by atoms with van der Waals surface area (Å²) in [6.45, 7) is 0.557. The van der Waals surface area contributed by atoms with Crippen molar-refractivity contribution in [1.29, 1.82) is 0 Å². The van der Waals surface area contributed by atoms with Gasteiger partial charge in [0.1, 0.15) is 0 Å². The summed E-state index contributed by atoms with van der Waals surface area (Å²) in [6, 6.07) is 8.21. The molecule has 0 unspecified atom stereocenters. The first-order valence-corrected chi connectivity index (χ1v) is 4.61. The maximum absolute atomic E-state index is 9.20. The van der Waals surface area contributed by atoms with Gasteiger partial charge in [-0.1, -0.05) is 12.1 Å². The van der Waals surface area contributed by atoms with E-state index in [-0.39, 0.29) is 0 Å². The van der Waals surface area contributed by atoms with E-state index in [0.717, 1.165) is 5.56 Å². The Bertz CT molecular complexity index is 445. The third kappa shape index (κ3) is 1.52. The van der Waals surface area contributed by atoms with Gasteiger partial charge < -0.3 is 9.77 Å². The Kier molecular flexibility index (Phi) is 2.27. The fourth-order valence-electron chi connectivity index (χ4n) is 1.75. The normalized spacial score (nSPS) is 11.4. The molecule has 0 saturated heterocycles. The molecule has 1 N–H and O–H groups in total. The van der Waals surface area contributed by atoms with Crippen LogP contribution in [0.1, 0.15) is 5.56 Å². The van der Waals surface area contributed by atoms with Gasteiger partial charge in [-0.15, -0.1) is 0 Å². The van der Waals surface area contributed by atoms with Crippen molar-refractivity contribution in [2.24, 2.45) is 7.05 Å². The Labute approximate surface area is 83.1 Å². The summed E-state index contributed by atoms with van der Waals surface area (Å²) in [5.74, 6) is 0. The minimum absolute atomic E-state index is 0.557. The van der Waals surface area contributed by atoms with E-state index < -0.39 is 0 Å². The summed E-state index contributed by atoms with van der Waals surface area (Å²) >= 11 is 0. The van der Waals surface area contributed by atoms with Crippen LogP contribution in [0.15, 0.2) is 30.5 Å². The zero-order chi connectivity index (χ0) is 10.1. The fourth-order valence-corrected chi connectivity index (χ4v) is 1.75. The van der Waals surface area contributed by atoms with Crippen LogP contribution in [0.3, 0.4) is 0 Å². The van der Waals surface area contributed by atoms with Gasteiger partial charge in [-0.2, -0.15) is 5.06 Å². The molecule has 0 spiro atoms. The first-order valence-electron chi connectivity index (χ1n) is 4.61. The van der Waals surface area contributed by atoms with Crippen molar-refractivity contribution in [1.82, 2.24) is 9.63 Å². The lowest BCUT2D eigenvalue weighted by Gasteiger charge is -2.09. The molecule has 2 rings (SSSR count). The minimum Gasteiger partial charge on any atom is -0.351 e. The van der Waals surface area contributed by atoms with Gasteiger partial charge in [0.2, 0.25) is 0 Å². The second-order valence-corrected chi connectivity index (χ2v) is 3.59. The van der Waals surface area contributed by atoms with E-state index in [4.69, 9.17) is 0 Å². The second kappa shape index (κ2) is 3.44. The highest BCUT2D eigenvalue weighted by Gasteiger charge is 2.04. The Morgan fingerprint density at radius 3 is 2.86 bits per heavy atom. The summed E-state index contributed by atoms with van der Waals surface area (Å²) in [7, 11) is 3.68. The van der Waals surface area contributed by atoms with E-state index in [9.17, 15) is 5.21 Å². The van der Waals surface area contributed by atoms with Crippen LogP contribution in [-0.4, -0.2) is 21.9 Å². The lowest BCUT2D eigenvalue weighted by molar-refractivity contribution is -0.0728. The number of hydroxylamine groups is 2. The molecule has 0 saturated carbocycles. The monoisotopic (exact) mass is 190 g/mol. The number of benzene rings is 1. The zero-order valence-electron chi connectivity index (χ0n) is 8.44. The van der Waals surface area contributed by atoms with Crippen molar-refractivity contribution in [3.63, 3.8) is 0 Å². The molecule has 0 bridgehead atoms. The maximum Gasteiger partial charge on any atom is 0.0492 e. The molecule has 1 aromatic heterocycles. The van der Waals surface area contributed by atoms with E-state index in [0.29, 0.717) is 6.54 Å². The van der Waals surface area contributed by atoms with Crippen LogP contribution in [0, 0.1) is 0 Å². The number of hydrogen-bond acceptors (Lipinski definition) is 2. The SMILES string of the molecule is CN(O)Cc1cccc2c1ccn2C. The third-order valence-electron chi connectivity index (χ3n) is 2.42. The van der Waals surface area contributed by atoms with Gasteiger partial charge in [0.25, 0.3) is 0 Å². The Morgan fingerprint density at radius 1 is 1.36 bits per heavy atom. The number of hydrogen-bond donors (Lipinski definition) is 1. The molecule has 0 fully saturated rings. The van der Waals surface area contributed by atoms with E-state index in [1.807, 2.05) is 25.4 Å². The topological polar surface area (TPSA) is 28.4 Å². The van der Waals surface area contributed by atoms with Gasteiger partial charge in [-0.25, -0.2) is 0 Å². The van der Waals surface area contributed by atoms with Gasteiger partial charge in [0, 0.05) is 37.7 Å². The van der Waals surface area contributed by atoms with E-state index in [1.165, 1.54) is 16.0 Å². The molecule has 0 aliphatic heterocycles. The average Bonchev–Trinajstić information content (AvgIpc) is 2.49. The zero-order valence-corrected chi connectivity index (χ0v) is 8.44. The van der Waals surface area contributed by atoms with Gasteiger partial charge in [-0.3, -0.25) is 0 Å². The van der Waals surface area contributed by atoms with Crippen LogP contribution < -0.4 is 0 Å². The van der Waals surface area contributed by atoms with Crippen LogP contribution in [0.25, 0.3) is 10.9 Å². The minimum atomic E-state index is 0.557. The molecule has 3 nitrogen and oxygen atoms in total. The second-order valence-electron chi connectivity index (χ2n) is 3.59. The van der Waals surface area contributed by atoms with Crippen LogP contribution in [-0.2, 0) is 13.6 Å². The number of rotatable bonds is 2. The van der Waals surface area contributed by atoms with Gasteiger partial charge in [0.05, 0.1) is 0 Å². The molecule has 14 heavy (non-hydrogen) atoms. The molecule has 1 aromatic carbocycles. The number of fused-ring (bicyclic) bond motifs is 1. The van der Waals surface area contributed by atoms with Crippen molar-refractivity contribution in [3.05, 3.63) is 36.0 Å². The summed E-state index contributed by atoms with van der Waals surface area (Å²) in [5.41, 5.74) is 2.34. The van der Waals surface area contributed by atoms with Gasteiger partial charge in [-0.05, 0) is 17.7 Å². The lowest BCUT2D eigenvalue weighted by atomic mass is 10.1. The Morgan fingerprint density at radius 2 is 2.14 bits per heavy atom. The number of aromatic nitrogens is 1. The molecule has 0 atom stereocenters. The summed E-state index contributed by atoms with van der Waals surface area (Å²) in [6.07, 6.45) is 2.03. The highest BCUT2D eigenvalue weighted by atomic mass is 16.5. The molecular weight excluding hydrogens is 176 g/mol. The van der Waals surface area contributed by atoms with Crippen LogP contribution in [0.5, 0.6) is 0 Å². The van der Waals surface area contributed by atoms with E-state index in [1.54, 1.807) is 7.05 Å². The van der Waals surface area contributed by atoms with Crippen molar-refractivity contribution in [3.8, 4) is 0 Å². The predicted molar refractivity (Wildman–Crippen MR) is 56.2 cm³/mol. The first kappa shape index (κ1) is 9.24. The van der Waals surface area contributed by atoms with Crippen molar-refractivity contribution in [2.75, 3.05) is 7.05 Å². The number of nitrogens with zero attached hydrogens (tertiary/aromatic N) is 2. The molecule has 1 heterocycles. The molecule has 0 radical (unpaired) electrons. The predicted octanol–water partition coefficient (Wildman–Crippen LogP) is 2.00. The highest BCUT2D eigenvalue weighted by molar-refractivity contribution is 5.83. The Hall–Kier alpha value is -1.32. The van der Waals surface area contributed by atoms with Gasteiger partial charge in [0.15, 0.2) is 0 Å². The first-order chi connectivity index (χ1) is 6.68. The van der Waals surface area contributed by atoms with Gasteiger partial charge >= 0.3 is 0 Å². The quantitative estimate of drug-likeness (QED) is 0.734. The van der Waals surface area contributed by atoms with Crippen LogP contribution in [0.4, 0.5) is 0 Å². The molecule has 2 aromatic rings. The summed E-state index contributed by atoms with van der Waals surface area (Å²) in [4.78, 5) is 0. The molecular formula is C11H14N2O. The lowest BCUT2D eigenvalue weighted by Crippen LogP contribution is -2.11. The largest absolute Gasteiger partial charge is 0.351 e. The smallest absolute Gasteiger partial charge is 0.0492 e. The summed E-state index contributed by atoms with van der Waals surface area (Å²) in [5, 5.41) is 11.6. The maximum atomic E-state index is 9.20. The average molecular weight is 190 g/mol. The van der Waals surface area contributed by atoms with Crippen molar-refractivity contribution in [2.45, 2.75) is 6.54 Å². The van der Waals surface area contributed by atoms with Crippen LogP contribution >= 0.6 is 0 Å². The number of aryl methyl sites for hydroxylation is 1. The van der Waals surface area contributed by atoms with E-state index in [2.05, 4.69) is 16.7 Å². The van der Waals surface area contributed by atoms with Crippen molar-refractivity contribution >= 4 is 10.9 Å². The molecule has 0 aliphatic carbocycles. The Balaban J connectivity index is 2.54. The fraction of sp³-hybridized carbons (Fsp3) is 0.273. The van der Waals surface area contributed by atoms with Crippen molar-refractivity contribution < 1.29 is 5.21 Å². The third-order valence-corrected chi connectivity index (χ3v) is 2.42. The highest BCUT2D eigenvalue weighted by Crippen LogP contribution is 2.19. The molecule has 74 valence electrons. The standard InChI is InChI=1S/C11H14N2O/c1-12-7-6-10-9(8-13(2)14)4-3-5-11(10)12/h3-7,14H,8H2,1-2H3. The molecule has 0 aliphatic rings. The summed E-state index contributed by atoms with van der Waals surface area (Å²) < 4.78 is 2.08. The van der Waals surface area contributed by atoms with E-state index >= 15 is 0 Å².